The van der Waals surface area contributed by atoms with Gasteiger partial charge in [-0.1, -0.05) is 35.3 Å². The van der Waals surface area contributed by atoms with Gasteiger partial charge in [0.15, 0.2) is 0 Å². The van der Waals surface area contributed by atoms with Crippen LogP contribution in [0.3, 0.4) is 0 Å². The fraction of sp³-hybridized carbons (Fsp3) is 0.500. The van der Waals surface area contributed by atoms with Crippen LogP contribution in [0, 0.1) is 0 Å². The van der Waals surface area contributed by atoms with Gasteiger partial charge in [0.1, 0.15) is 0 Å². The number of amides is 2. The largest absolute Gasteiger partial charge is 0.354 e. The number of hydrogen-bond donors (Lipinski definition) is 3. The Kier molecular flexibility index (Phi) is 7.55. The zero-order valence-electron chi connectivity index (χ0n) is 13.1. The molecule has 1 aromatic carbocycles. The van der Waals surface area contributed by atoms with E-state index in [9.17, 15) is 9.59 Å². The maximum atomic E-state index is 11.9. The van der Waals surface area contributed by atoms with Crippen molar-refractivity contribution in [2.24, 2.45) is 5.73 Å². The molecule has 2 amide bonds. The normalized spacial score (nSPS) is 13.3. The molecule has 0 aliphatic rings. The molecule has 0 bridgehead atoms. The van der Waals surface area contributed by atoms with Crippen LogP contribution in [-0.4, -0.2) is 30.4 Å². The Morgan fingerprint density at radius 2 is 1.95 bits per heavy atom. The summed E-state index contributed by atoms with van der Waals surface area (Å²) in [5.74, 6) is -0.269. The first kappa shape index (κ1) is 18.6. The Labute approximate surface area is 140 Å². The molecule has 0 aliphatic carbocycles. The molecule has 0 radical (unpaired) electrons. The molecule has 1 unspecified atom stereocenters. The van der Waals surface area contributed by atoms with Crippen molar-refractivity contribution in [3.63, 3.8) is 0 Å². The number of hydrogen-bond acceptors (Lipinski definition) is 3. The number of carbonyl (C=O) groups is 2. The van der Waals surface area contributed by atoms with E-state index in [1.807, 2.05) is 19.1 Å². The summed E-state index contributed by atoms with van der Waals surface area (Å²) in [6.07, 6.45) is 2.18. The topological polar surface area (TPSA) is 84.2 Å². The minimum Gasteiger partial charge on any atom is -0.354 e. The van der Waals surface area contributed by atoms with E-state index < -0.39 is 5.54 Å². The third-order valence-corrected chi connectivity index (χ3v) is 3.79. The van der Waals surface area contributed by atoms with Gasteiger partial charge in [-0.3, -0.25) is 9.59 Å². The highest BCUT2D eigenvalue weighted by Gasteiger charge is 2.26. The molecule has 0 heterocycles. The molecule has 4 N–H and O–H groups in total. The molecular formula is C16H24BrN3O2. The number of halogens is 1. The summed E-state index contributed by atoms with van der Waals surface area (Å²) < 4.78 is 0.866. The predicted octanol–water partition coefficient (Wildman–Crippen LogP) is 2.20. The number of rotatable bonds is 8. The van der Waals surface area contributed by atoms with Gasteiger partial charge in [-0.25, -0.2) is 0 Å². The maximum absolute atomic E-state index is 11.9. The molecule has 0 saturated heterocycles. The van der Waals surface area contributed by atoms with E-state index in [2.05, 4.69) is 26.6 Å². The summed E-state index contributed by atoms with van der Waals surface area (Å²) in [5.41, 5.74) is 5.72. The van der Waals surface area contributed by atoms with Crippen LogP contribution in [0.1, 0.15) is 43.5 Å². The molecule has 0 saturated carbocycles. The summed E-state index contributed by atoms with van der Waals surface area (Å²) >= 11 is 3.33. The summed E-state index contributed by atoms with van der Waals surface area (Å²) in [4.78, 5) is 23.8. The number of nitrogens with two attached hydrogens (primary N) is 1. The third kappa shape index (κ3) is 6.15. The van der Waals surface area contributed by atoms with Crippen LogP contribution in [0.5, 0.6) is 0 Å². The number of carbonyl (C=O) groups excluding carboxylic acids is 2. The van der Waals surface area contributed by atoms with Crippen LogP contribution in [0.4, 0.5) is 0 Å². The summed E-state index contributed by atoms with van der Waals surface area (Å²) in [6, 6.07) is 7.20. The second kappa shape index (κ2) is 8.90. The van der Waals surface area contributed by atoms with Crippen molar-refractivity contribution in [2.75, 3.05) is 13.1 Å². The number of nitrogens with one attached hydrogen (secondary N) is 2. The minimum absolute atomic E-state index is 0.123. The average Bonchev–Trinajstić information content (AvgIpc) is 2.46. The van der Waals surface area contributed by atoms with Crippen molar-refractivity contribution >= 4 is 27.7 Å². The molecule has 1 rings (SSSR count). The van der Waals surface area contributed by atoms with E-state index >= 15 is 0 Å². The first-order chi connectivity index (χ1) is 10.4. The van der Waals surface area contributed by atoms with Gasteiger partial charge in [-0.2, -0.15) is 0 Å². The molecule has 22 heavy (non-hydrogen) atoms. The van der Waals surface area contributed by atoms with Gasteiger partial charge in [-0.15, -0.1) is 0 Å². The summed E-state index contributed by atoms with van der Waals surface area (Å²) in [6.45, 7) is 4.73. The van der Waals surface area contributed by atoms with E-state index in [-0.39, 0.29) is 11.8 Å². The Balaban J connectivity index is 2.26. The van der Waals surface area contributed by atoms with Crippen molar-refractivity contribution < 1.29 is 9.59 Å². The molecule has 0 aliphatic heterocycles. The van der Waals surface area contributed by atoms with Crippen LogP contribution >= 0.6 is 15.9 Å². The molecule has 0 spiro atoms. The van der Waals surface area contributed by atoms with Crippen molar-refractivity contribution in [3.05, 3.63) is 34.3 Å². The lowest BCUT2D eigenvalue weighted by Gasteiger charge is -2.22. The van der Waals surface area contributed by atoms with Crippen LogP contribution in [0.15, 0.2) is 28.7 Å². The molecule has 0 fully saturated rings. The van der Waals surface area contributed by atoms with Gasteiger partial charge in [0.05, 0.1) is 5.54 Å². The standard InChI is InChI=1S/C16H24BrN3O2/c1-3-8-16(2,18)15(22)20-10-5-9-19-14(21)12-6-4-7-13(17)11-12/h4,6-7,11H,3,5,8-10,18H2,1-2H3,(H,19,21)(H,20,22). The van der Waals surface area contributed by atoms with Gasteiger partial charge in [0, 0.05) is 23.1 Å². The zero-order chi connectivity index (χ0) is 16.6. The lowest BCUT2D eigenvalue weighted by molar-refractivity contribution is -0.126. The first-order valence-corrected chi connectivity index (χ1v) is 8.27. The SMILES string of the molecule is CCCC(C)(N)C(=O)NCCCNC(=O)c1cccc(Br)c1. The van der Waals surface area contributed by atoms with Crippen molar-refractivity contribution in [3.8, 4) is 0 Å². The summed E-state index contributed by atoms with van der Waals surface area (Å²) in [5, 5.41) is 5.63. The fourth-order valence-electron chi connectivity index (χ4n) is 2.06. The van der Waals surface area contributed by atoms with Crippen molar-refractivity contribution in [2.45, 2.75) is 38.6 Å². The van der Waals surface area contributed by atoms with Gasteiger partial charge >= 0.3 is 0 Å². The molecular weight excluding hydrogens is 346 g/mol. The van der Waals surface area contributed by atoms with Gasteiger partial charge < -0.3 is 16.4 Å². The van der Waals surface area contributed by atoms with Crippen molar-refractivity contribution in [1.29, 1.82) is 0 Å². The molecule has 0 aromatic heterocycles. The Morgan fingerprint density at radius 3 is 2.59 bits per heavy atom. The van der Waals surface area contributed by atoms with Gasteiger partial charge in [0.25, 0.3) is 5.91 Å². The molecule has 122 valence electrons. The second-order valence-electron chi connectivity index (χ2n) is 5.54. The van der Waals surface area contributed by atoms with E-state index in [0.717, 1.165) is 10.9 Å². The predicted molar refractivity (Wildman–Crippen MR) is 91.6 cm³/mol. The smallest absolute Gasteiger partial charge is 0.251 e. The van der Waals surface area contributed by atoms with Crippen LogP contribution < -0.4 is 16.4 Å². The number of benzene rings is 1. The van der Waals surface area contributed by atoms with E-state index in [1.54, 1.807) is 19.1 Å². The Bertz CT molecular complexity index is 518. The van der Waals surface area contributed by atoms with E-state index in [0.29, 0.717) is 31.5 Å². The lowest BCUT2D eigenvalue weighted by atomic mass is 9.96. The summed E-state index contributed by atoms with van der Waals surface area (Å²) in [7, 11) is 0. The van der Waals surface area contributed by atoms with Gasteiger partial charge in [-0.05, 0) is 38.0 Å². The maximum Gasteiger partial charge on any atom is 0.251 e. The van der Waals surface area contributed by atoms with Crippen LogP contribution in [0.25, 0.3) is 0 Å². The van der Waals surface area contributed by atoms with Crippen LogP contribution in [0.2, 0.25) is 0 Å². The molecule has 1 aromatic rings. The monoisotopic (exact) mass is 369 g/mol. The molecule has 1 atom stereocenters. The third-order valence-electron chi connectivity index (χ3n) is 3.30. The van der Waals surface area contributed by atoms with E-state index in [4.69, 9.17) is 5.73 Å². The first-order valence-electron chi connectivity index (χ1n) is 7.48. The highest BCUT2D eigenvalue weighted by Crippen LogP contribution is 2.11. The molecule has 6 heteroatoms. The fourth-order valence-corrected chi connectivity index (χ4v) is 2.46. The average molecular weight is 370 g/mol. The van der Waals surface area contributed by atoms with Crippen LogP contribution in [-0.2, 0) is 4.79 Å². The molecule has 5 nitrogen and oxygen atoms in total. The Hall–Kier alpha value is -1.40. The highest BCUT2D eigenvalue weighted by atomic mass is 79.9. The zero-order valence-corrected chi connectivity index (χ0v) is 14.7. The second-order valence-corrected chi connectivity index (χ2v) is 6.46. The van der Waals surface area contributed by atoms with Gasteiger partial charge in [0.2, 0.25) is 5.91 Å². The van der Waals surface area contributed by atoms with Crippen molar-refractivity contribution in [1.82, 2.24) is 10.6 Å². The lowest BCUT2D eigenvalue weighted by Crippen LogP contribution is -2.51. The van der Waals surface area contributed by atoms with E-state index in [1.165, 1.54) is 0 Å². The highest BCUT2D eigenvalue weighted by molar-refractivity contribution is 9.10. The Morgan fingerprint density at radius 1 is 1.27 bits per heavy atom. The minimum atomic E-state index is -0.825. The quantitative estimate of drug-likeness (QED) is 0.614.